The van der Waals surface area contributed by atoms with Gasteiger partial charge in [0.15, 0.2) is 0 Å². The van der Waals surface area contributed by atoms with Crippen molar-refractivity contribution in [2.75, 3.05) is 24.5 Å². The van der Waals surface area contributed by atoms with Gasteiger partial charge in [-0.15, -0.1) is 0 Å². The third-order valence-corrected chi connectivity index (χ3v) is 6.33. The maximum Gasteiger partial charge on any atom is 0.419 e. The van der Waals surface area contributed by atoms with Gasteiger partial charge in [0.1, 0.15) is 5.82 Å². The average molecular weight is 409 g/mol. The van der Waals surface area contributed by atoms with Crippen LogP contribution in [0.1, 0.15) is 42.9 Å². The number of rotatable bonds is 3. The largest absolute Gasteiger partial charge is 0.419 e. The Bertz CT molecular complexity index is 824. The Balaban J connectivity index is 1.52. The predicted molar refractivity (Wildman–Crippen MR) is 102 cm³/mol. The van der Waals surface area contributed by atoms with E-state index in [9.17, 15) is 18.0 Å². The molecule has 4 rings (SSSR count). The van der Waals surface area contributed by atoms with E-state index in [1.807, 2.05) is 10.3 Å². The first-order valence-electron chi connectivity index (χ1n) is 9.55. The van der Waals surface area contributed by atoms with Crippen LogP contribution in [-0.4, -0.2) is 35.4 Å². The topological polar surface area (TPSA) is 36.4 Å². The van der Waals surface area contributed by atoms with E-state index < -0.39 is 11.7 Å². The molecular weight excluding hydrogens is 387 g/mol. The molecule has 2 fully saturated rings. The summed E-state index contributed by atoms with van der Waals surface area (Å²) in [7, 11) is 0. The molecule has 2 atom stereocenters. The molecule has 2 aliphatic heterocycles. The highest BCUT2D eigenvalue weighted by Gasteiger charge is 2.39. The van der Waals surface area contributed by atoms with Crippen molar-refractivity contribution in [2.45, 2.75) is 37.9 Å². The number of halogens is 3. The molecule has 28 heavy (non-hydrogen) atoms. The fourth-order valence-corrected chi connectivity index (χ4v) is 5.02. The van der Waals surface area contributed by atoms with E-state index in [0.717, 1.165) is 24.5 Å². The minimum absolute atomic E-state index is 0.0582. The fraction of sp³-hybridized carbons (Fsp3) is 0.500. The van der Waals surface area contributed by atoms with E-state index >= 15 is 0 Å². The zero-order valence-electron chi connectivity index (χ0n) is 15.4. The van der Waals surface area contributed by atoms with E-state index in [0.29, 0.717) is 25.9 Å². The average Bonchev–Trinajstić information content (AvgIpc) is 3.38. The van der Waals surface area contributed by atoms with E-state index in [2.05, 4.69) is 16.4 Å². The minimum atomic E-state index is -4.46. The van der Waals surface area contributed by atoms with Gasteiger partial charge in [-0.05, 0) is 60.2 Å². The number of carbonyl (C=O) groups is 1. The van der Waals surface area contributed by atoms with Crippen molar-refractivity contribution >= 4 is 23.1 Å². The van der Waals surface area contributed by atoms with Gasteiger partial charge < -0.3 is 9.80 Å². The normalized spacial score (nSPS) is 23.2. The number of carbonyl (C=O) groups excluding carboxylic acids is 1. The Morgan fingerprint density at radius 1 is 1.18 bits per heavy atom. The monoisotopic (exact) mass is 409 g/mol. The summed E-state index contributed by atoms with van der Waals surface area (Å²) < 4.78 is 40.1. The highest BCUT2D eigenvalue weighted by atomic mass is 32.1. The number of hydrogen-bond donors (Lipinski definition) is 0. The summed E-state index contributed by atoms with van der Waals surface area (Å²) in [6, 6.07) is 4.50. The smallest absolute Gasteiger partial charge is 0.355 e. The Kier molecular flexibility index (Phi) is 5.31. The molecule has 2 aromatic rings. The number of nitrogens with zero attached hydrogens (tertiary/aromatic N) is 3. The number of thiophene rings is 1. The summed E-state index contributed by atoms with van der Waals surface area (Å²) in [5.41, 5.74) is 0.424. The minimum Gasteiger partial charge on any atom is -0.355 e. The quantitative estimate of drug-likeness (QED) is 0.735. The second-order valence-corrected chi connectivity index (χ2v) is 8.18. The number of anilines is 1. The van der Waals surface area contributed by atoms with Crippen molar-refractivity contribution in [1.82, 2.24) is 9.88 Å². The van der Waals surface area contributed by atoms with Gasteiger partial charge >= 0.3 is 6.18 Å². The lowest BCUT2D eigenvalue weighted by Gasteiger charge is -2.37. The van der Waals surface area contributed by atoms with Crippen LogP contribution in [0.2, 0.25) is 0 Å². The number of hydrogen-bond acceptors (Lipinski definition) is 4. The Morgan fingerprint density at radius 3 is 2.75 bits per heavy atom. The fourth-order valence-electron chi connectivity index (χ4n) is 4.32. The third kappa shape index (κ3) is 3.74. The zero-order chi connectivity index (χ0) is 19.7. The second kappa shape index (κ2) is 7.73. The molecule has 0 spiro atoms. The first-order chi connectivity index (χ1) is 13.4. The van der Waals surface area contributed by atoms with Gasteiger partial charge in [0.05, 0.1) is 17.5 Å². The lowest BCUT2D eigenvalue weighted by Crippen LogP contribution is -2.45. The Labute approximate surface area is 166 Å². The van der Waals surface area contributed by atoms with E-state index in [-0.39, 0.29) is 30.2 Å². The van der Waals surface area contributed by atoms with Crippen LogP contribution in [0.3, 0.4) is 0 Å². The molecular formula is C20H22F3N3OS. The molecule has 0 aromatic carbocycles. The number of piperidine rings is 1. The molecule has 1 amide bonds. The number of pyridine rings is 1. The van der Waals surface area contributed by atoms with Crippen LogP contribution in [0.5, 0.6) is 0 Å². The number of alkyl halides is 3. The van der Waals surface area contributed by atoms with Gasteiger partial charge in [-0.3, -0.25) is 4.79 Å². The summed E-state index contributed by atoms with van der Waals surface area (Å²) in [5, 5.41) is 4.09. The molecule has 8 heteroatoms. The first-order valence-corrected chi connectivity index (χ1v) is 10.5. The van der Waals surface area contributed by atoms with Crippen molar-refractivity contribution in [3.63, 3.8) is 0 Å². The summed E-state index contributed by atoms with van der Waals surface area (Å²) >= 11 is 1.62. The Hall–Kier alpha value is -2.09. The van der Waals surface area contributed by atoms with Gasteiger partial charge in [-0.2, -0.15) is 24.5 Å². The highest BCUT2D eigenvalue weighted by molar-refractivity contribution is 7.08. The van der Waals surface area contributed by atoms with Crippen LogP contribution >= 0.6 is 11.3 Å². The predicted octanol–water partition coefficient (Wildman–Crippen LogP) is 4.74. The molecule has 0 aliphatic carbocycles. The summed E-state index contributed by atoms with van der Waals surface area (Å²) in [4.78, 5) is 20.8. The summed E-state index contributed by atoms with van der Waals surface area (Å²) in [6.45, 7) is 1.48. The molecule has 2 unspecified atom stereocenters. The van der Waals surface area contributed by atoms with E-state index in [1.54, 1.807) is 16.2 Å². The molecule has 0 saturated carbocycles. The molecule has 0 N–H and O–H groups in total. The molecule has 150 valence electrons. The maximum atomic E-state index is 13.4. The van der Waals surface area contributed by atoms with Crippen LogP contribution in [0.4, 0.5) is 19.0 Å². The lowest BCUT2D eigenvalue weighted by molar-refractivity contribution is -0.137. The molecule has 4 nitrogen and oxygen atoms in total. The first kappa shape index (κ1) is 19.2. The molecule has 2 saturated heterocycles. The van der Waals surface area contributed by atoms with Crippen LogP contribution < -0.4 is 4.90 Å². The SMILES string of the molecule is O=C(C1CCCN(c2ncccc2C(F)(F)F)C1)N1CCCC1c1ccsc1. The van der Waals surface area contributed by atoms with Crippen molar-refractivity contribution in [3.05, 3.63) is 46.3 Å². The van der Waals surface area contributed by atoms with Gasteiger partial charge in [-0.1, -0.05) is 0 Å². The Morgan fingerprint density at radius 2 is 2.00 bits per heavy atom. The second-order valence-electron chi connectivity index (χ2n) is 7.40. The number of amides is 1. The van der Waals surface area contributed by atoms with Crippen LogP contribution in [-0.2, 0) is 11.0 Å². The lowest BCUT2D eigenvalue weighted by atomic mass is 9.95. The van der Waals surface area contributed by atoms with Crippen molar-refractivity contribution in [1.29, 1.82) is 0 Å². The van der Waals surface area contributed by atoms with Gasteiger partial charge in [0, 0.05) is 25.8 Å². The number of aromatic nitrogens is 1. The molecule has 0 bridgehead atoms. The van der Waals surface area contributed by atoms with Crippen LogP contribution in [0.25, 0.3) is 0 Å². The van der Waals surface area contributed by atoms with Crippen LogP contribution in [0.15, 0.2) is 35.2 Å². The molecule has 2 aromatic heterocycles. The van der Waals surface area contributed by atoms with Gasteiger partial charge in [0.25, 0.3) is 0 Å². The summed E-state index contributed by atoms with van der Waals surface area (Å²) in [5.74, 6) is -0.303. The van der Waals surface area contributed by atoms with E-state index in [4.69, 9.17) is 0 Å². The summed E-state index contributed by atoms with van der Waals surface area (Å²) in [6.07, 6.45) is 0.207. The highest BCUT2D eigenvalue weighted by Crippen LogP contribution is 2.38. The van der Waals surface area contributed by atoms with Gasteiger partial charge in [-0.25, -0.2) is 4.98 Å². The number of likely N-dealkylation sites (tertiary alicyclic amines) is 1. The zero-order valence-corrected chi connectivity index (χ0v) is 16.2. The van der Waals surface area contributed by atoms with Gasteiger partial charge in [0.2, 0.25) is 5.91 Å². The van der Waals surface area contributed by atoms with Crippen molar-refractivity contribution in [3.8, 4) is 0 Å². The molecule has 0 radical (unpaired) electrons. The van der Waals surface area contributed by atoms with E-state index in [1.165, 1.54) is 12.3 Å². The maximum absolute atomic E-state index is 13.4. The molecule has 2 aliphatic rings. The standard InChI is InChI=1S/C20H22F3N3OS/c21-20(22,23)16-5-1-8-24-18(16)25-9-2-4-14(12-25)19(27)26-10-3-6-17(26)15-7-11-28-13-15/h1,5,7-8,11,13-14,17H,2-4,6,9-10,12H2. The van der Waals surface area contributed by atoms with Crippen LogP contribution in [0, 0.1) is 5.92 Å². The molecule has 4 heterocycles. The third-order valence-electron chi connectivity index (χ3n) is 5.63. The van der Waals surface area contributed by atoms with Crippen molar-refractivity contribution in [2.24, 2.45) is 5.92 Å². The van der Waals surface area contributed by atoms with Crippen molar-refractivity contribution < 1.29 is 18.0 Å².